The van der Waals surface area contributed by atoms with Crippen molar-refractivity contribution in [2.24, 2.45) is 0 Å². The average Bonchev–Trinajstić information content (AvgIpc) is 2.87. The van der Waals surface area contributed by atoms with E-state index in [-0.39, 0.29) is 10.4 Å². The molecular weight excluding hydrogens is 485 g/mol. The fourth-order valence-corrected chi connectivity index (χ4v) is 4.23. The Kier molecular flexibility index (Phi) is 11.1. The first kappa shape index (κ1) is 27.2. The van der Waals surface area contributed by atoms with Crippen molar-refractivity contribution in [3.05, 3.63) is 63.7 Å². The molecule has 1 saturated heterocycles. The fourth-order valence-electron chi connectivity index (χ4n) is 4.11. The number of nitrogens with zero attached hydrogens (tertiary/aromatic N) is 1. The lowest BCUT2D eigenvalue weighted by molar-refractivity contribution is 0.0724. The fraction of sp³-hybridized carbons (Fsp3) is 0.464. The number of hydrogen-bond donors (Lipinski definition) is 0. The van der Waals surface area contributed by atoms with Gasteiger partial charge in [-0.05, 0) is 99.0 Å². The zero-order chi connectivity index (χ0) is 25.0. The zero-order valence-electron chi connectivity index (χ0n) is 20.7. The Morgan fingerprint density at radius 2 is 1.63 bits per heavy atom. The van der Waals surface area contributed by atoms with Crippen molar-refractivity contribution in [1.29, 1.82) is 0 Å². The van der Waals surface area contributed by atoms with Crippen LogP contribution in [-0.4, -0.2) is 43.7 Å². The highest BCUT2D eigenvalue weighted by atomic mass is 35.5. The van der Waals surface area contributed by atoms with Gasteiger partial charge in [-0.25, -0.2) is 0 Å². The molecule has 0 unspecified atom stereocenters. The van der Waals surface area contributed by atoms with Crippen LogP contribution in [0.3, 0.4) is 0 Å². The van der Waals surface area contributed by atoms with Gasteiger partial charge in [0, 0.05) is 18.7 Å². The minimum Gasteiger partial charge on any atom is -0.494 e. The number of ether oxygens (including phenoxy) is 3. The molecule has 7 heteroatoms. The summed E-state index contributed by atoms with van der Waals surface area (Å²) in [6.07, 6.45) is 7.62. The number of benzene rings is 2. The van der Waals surface area contributed by atoms with Gasteiger partial charge < -0.3 is 19.1 Å². The number of carbonyl (C=O) groups is 1. The molecule has 0 radical (unpaired) electrons. The van der Waals surface area contributed by atoms with Crippen molar-refractivity contribution in [2.75, 3.05) is 32.9 Å². The number of carbonyl (C=O) groups excluding carboxylic acids is 1. The van der Waals surface area contributed by atoms with E-state index in [0.29, 0.717) is 19.8 Å². The number of hydrogen-bond acceptors (Lipinski definition) is 4. The molecule has 3 rings (SSSR count). The zero-order valence-corrected chi connectivity index (χ0v) is 22.2. The Balaban J connectivity index is 1.39. The number of amides is 1. The quantitative estimate of drug-likeness (QED) is 0.280. The van der Waals surface area contributed by atoms with Crippen LogP contribution in [0.4, 0.5) is 0 Å². The molecule has 0 saturated carbocycles. The molecule has 2 aromatic carbocycles. The maximum atomic E-state index is 12.6. The molecule has 1 heterocycles. The average molecular weight is 520 g/mol. The van der Waals surface area contributed by atoms with Crippen molar-refractivity contribution in [3.8, 4) is 17.2 Å². The van der Waals surface area contributed by atoms with Gasteiger partial charge in [0.2, 0.25) is 0 Å². The van der Waals surface area contributed by atoms with Crippen LogP contribution in [0, 0.1) is 6.92 Å². The monoisotopic (exact) mass is 519 g/mol. The third-order valence-corrected chi connectivity index (χ3v) is 6.30. The Labute approximate surface area is 219 Å². The number of likely N-dealkylation sites (tertiary alicyclic amines) is 1. The standard InChI is InChI=1S/C28H35Cl2NO4/c1-3-22-20-25(34-18-13-26(29)30)19-21(2)27(22)35-17-8-7-16-33-24-11-9-23(10-12-24)28(32)31-14-5-4-6-15-31/h9-13,19-20H,3-8,14-18H2,1-2H3. The molecule has 1 fully saturated rings. The maximum Gasteiger partial charge on any atom is 0.253 e. The maximum absolute atomic E-state index is 12.6. The minimum absolute atomic E-state index is 0.117. The molecule has 1 amide bonds. The van der Waals surface area contributed by atoms with E-state index in [9.17, 15) is 4.79 Å². The number of piperidine rings is 1. The van der Waals surface area contributed by atoms with Gasteiger partial charge >= 0.3 is 0 Å². The van der Waals surface area contributed by atoms with E-state index in [1.54, 1.807) is 6.08 Å². The molecule has 0 bridgehead atoms. The molecule has 0 spiro atoms. The van der Waals surface area contributed by atoms with E-state index >= 15 is 0 Å². The highest BCUT2D eigenvalue weighted by molar-refractivity contribution is 6.55. The van der Waals surface area contributed by atoms with E-state index in [2.05, 4.69) is 6.92 Å². The smallest absolute Gasteiger partial charge is 0.253 e. The highest BCUT2D eigenvalue weighted by Crippen LogP contribution is 2.30. The SMILES string of the molecule is CCc1cc(OCC=C(Cl)Cl)cc(C)c1OCCCCOc1ccc(C(=O)N2CCCCC2)cc1. The summed E-state index contributed by atoms with van der Waals surface area (Å²) in [5.74, 6) is 2.59. The van der Waals surface area contributed by atoms with Crippen molar-refractivity contribution < 1.29 is 19.0 Å². The Bertz CT molecular complexity index is 981. The number of rotatable bonds is 12. The molecule has 0 atom stereocenters. The Hall–Kier alpha value is -2.37. The molecule has 2 aromatic rings. The van der Waals surface area contributed by atoms with E-state index < -0.39 is 0 Å². The van der Waals surface area contributed by atoms with Crippen LogP contribution in [0.1, 0.15) is 60.5 Å². The lowest BCUT2D eigenvalue weighted by Crippen LogP contribution is -2.35. The normalized spacial score (nSPS) is 13.3. The van der Waals surface area contributed by atoms with Gasteiger partial charge in [-0.2, -0.15) is 0 Å². The first-order chi connectivity index (χ1) is 17.0. The van der Waals surface area contributed by atoms with Crippen LogP contribution in [-0.2, 0) is 6.42 Å². The van der Waals surface area contributed by atoms with Crippen LogP contribution in [0.15, 0.2) is 47.0 Å². The molecule has 5 nitrogen and oxygen atoms in total. The van der Waals surface area contributed by atoms with E-state index in [0.717, 1.165) is 79.1 Å². The van der Waals surface area contributed by atoms with Gasteiger partial charge in [-0.15, -0.1) is 0 Å². The van der Waals surface area contributed by atoms with E-state index in [1.807, 2.05) is 48.2 Å². The number of halogens is 2. The van der Waals surface area contributed by atoms with Gasteiger partial charge in [-0.1, -0.05) is 30.1 Å². The summed E-state index contributed by atoms with van der Waals surface area (Å²) >= 11 is 11.3. The molecule has 1 aliphatic rings. The van der Waals surface area contributed by atoms with Gasteiger partial charge in [-0.3, -0.25) is 4.79 Å². The van der Waals surface area contributed by atoms with Crippen LogP contribution >= 0.6 is 23.2 Å². The second-order valence-corrected chi connectivity index (χ2v) is 9.68. The third kappa shape index (κ3) is 8.66. The summed E-state index contributed by atoms with van der Waals surface area (Å²) in [7, 11) is 0. The largest absolute Gasteiger partial charge is 0.494 e. The van der Waals surface area contributed by atoms with E-state index in [1.165, 1.54) is 6.42 Å². The van der Waals surface area contributed by atoms with Gasteiger partial charge in [0.05, 0.1) is 13.2 Å². The van der Waals surface area contributed by atoms with Crippen molar-refractivity contribution in [2.45, 2.75) is 52.4 Å². The van der Waals surface area contributed by atoms with Gasteiger partial charge in [0.25, 0.3) is 5.91 Å². The molecule has 0 N–H and O–H groups in total. The second kappa shape index (κ2) is 14.3. The third-order valence-electron chi connectivity index (χ3n) is 5.99. The molecular formula is C28H35Cl2NO4. The van der Waals surface area contributed by atoms with E-state index in [4.69, 9.17) is 37.4 Å². The van der Waals surface area contributed by atoms with Gasteiger partial charge in [0.15, 0.2) is 0 Å². The predicted octanol–water partition coefficient (Wildman–Crippen LogP) is 7.12. The second-order valence-electron chi connectivity index (χ2n) is 8.67. The molecule has 35 heavy (non-hydrogen) atoms. The summed E-state index contributed by atoms with van der Waals surface area (Å²) in [6, 6.07) is 11.4. The lowest BCUT2D eigenvalue weighted by Gasteiger charge is -2.26. The van der Waals surface area contributed by atoms with Gasteiger partial charge in [0.1, 0.15) is 28.3 Å². The number of aryl methyl sites for hydroxylation is 2. The minimum atomic E-state index is 0.117. The predicted molar refractivity (Wildman–Crippen MR) is 142 cm³/mol. The van der Waals surface area contributed by atoms with Crippen molar-refractivity contribution >= 4 is 29.1 Å². The Morgan fingerprint density at radius 1 is 0.943 bits per heavy atom. The summed E-state index contributed by atoms with van der Waals surface area (Å²) < 4.78 is 17.9. The molecule has 1 aliphatic heterocycles. The molecule has 0 aromatic heterocycles. The topological polar surface area (TPSA) is 48.0 Å². The Morgan fingerprint density at radius 3 is 2.29 bits per heavy atom. The molecule has 0 aliphatic carbocycles. The van der Waals surface area contributed by atoms with Crippen LogP contribution in [0.5, 0.6) is 17.2 Å². The van der Waals surface area contributed by atoms with Crippen LogP contribution < -0.4 is 14.2 Å². The van der Waals surface area contributed by atoms with Crippen molar-refractivity contribution in [3.63, 3.8) is 0 Å². The summed E-state index contributed by atoms with van der Waals surface area (Å²) in [5.41, 5.74) is 2.87. The van der Waals surface area contributed by atoms with Crippen LogP contribution in [0.2, 0.25) is 0 Å². The first-order valence-corrected chi connectivity index (χ1v) is 13.2. The van der Waals surface area contributed by atoms with Crippen molar-refractivity contribution in [1.82, 2.24) is 4.90 Å². The summed E-state index contributed by atoms with van der Waals surface area (Å²) in [6.45, 7) is 7.38. The summed E-state index contributed by atoms with van der Waals surface area (Å²) in [5, 5.41) is 0. The highest BCUT2D eigenvalue weighted by Gasteiger charge is 2.18. The number of unbranched alkanes of at least 4 members (excludes halogenated alkanes) is 1. The van der Waals surface area contributed by atoms with Crippen LogP contribution in [0.25, 0.3) is 0 Å². The lowest BCUT2D eigenvalue weighted by atomic mass is 10.1. The first-order valence-electron chi connectivity index (χ1n) is 12.4. The molecule has 190 valence electrons. The summed E-state index contributed by atoms with van der Waals surface area (Å²) in [4.78, 5) is 14.5.